The van der Waals surface area contributed by atoms with Gasteiger partial charge in [-0.05, 0) is 55.8 Å². The van der Waals surface area contributed by atoms with Gasteiger partial charge >= 0.3 is 0 Å². The predicted molar refractivity (Wildman–Crippen MR) is 139 cm³/mol. The molecule has 178 valence electrons. The van der Waals surface area contributed by atoms with Gasteiger partial charge in [0.2, 0.25) is 5.82 Å². The lowest BCUT2D eigenvalue weighted by atomic mass is 10.1. The molecule has 0 radical (unpaired) electrons. The zero-order valence-electron chi connectivity index (χ0n) is 19.1. The van der Waals surface area contributed by atoms with Gasteiger partial charge in [0, 0.05) is 26.6 Å². The summed E-state index contributed by atoms with van der Waals surface area (Å²) in [6, 6.07) is 12.3. The Bertz CT molecular complexity index is 983. The van der Waals surface area contributed by atoms with Crippen molar-refractivity contribution in [1.82, 2.24) is 30.7 Å². The molecular formula is C23H32IN7O2. The van der Waals surface area contributed by atoms with Crippen LogP contribution in [0.3, 0.4) is 0 Å². The van der Waals surface area contributed by atoms with Gasteiger partial charge in [0.15, 0.2) is 11.7 Å². The van der Waals surface area contributed by atoms with E-state index in [1.807, 2.05) is 24.3 Å². The number of hydrogen-bond donors (Lipinski definition) is 3. The Morgan fingerprint density at radius 3 is 2.67 bits per heavy atom. The number of benzene rings is 1. The molecule has 0 saturated carbocycles. The second-order valence-electron chi connectivity index (χ2n) is 7.74. The molecule has 1 aromatic carbocycles. The van der Waals surface area contributed by atoms with E-state index < -0.39 is 0 Å². The molecule has 0 spiro atoms. The number of guanidine groups is 1. The van der Waals surface area contributed by atoms with Crippen LogP contribution in [0.15, 0.2) is 52.1 Å². The molecule has 3 heterocycles. The van der Waals surface area contributed by atoms with E-state index in [1.165, 1.54) is 18.4 Å². The van der Waals surface area contributed by atoms with Crippen molar-refractivity contribution < 1.29 is 9.15 Å². The Morgan fingerprint density at radius 2 is 2.00 bits per heavy atom. The van der Waals surface area contributed by atoms with E-state index in [4.69, 9.17) is 9.15 Å². The Labute approximate surface area is 211 Å². The van der Waals surface area contributed by atoms with Crippen LogP contribution in [0.2, 0.25) is 0 Å². The van der Waals surface area contributed by atoms with Crippen molar-refractivity contribution in [3.8, 4) is 17.3 Å². The van der Waals surface area contributed by atoms with E-state index in [2.05, 4.69) is 47.8 Å². The first-order chi connectivity index (χ1) is 15.8. The minimum absolute atomic E-state index is 0. The lowest BCUT2D eigenvalue weighted by molar-refractivity contribution is 0.245. The number of nitrogens with one attached hydrogen (secondary N) is 3. The first-order valence-electron chi connectivity index (χ1n) is 11.0. The van der Waals surface area contributed by atoms with Crippen molar-refractivity contribution in [2.45, 2.75) is 25.3 Å². The molecule has 3 N–H and O–H groups in total. The molecule has 1 saturated heterocycles. The van der Waals surface area contributed by atoms with Crippen molar-refractivity contribution in [1.29, 1.82) is 0 Å². The Hall–Kier alpha value is -2.60. The molecule has 1 aliphatic heterocycles. The molecule has 0 amide bonds. The highest BCUT2D eigenvalue weighted by atomic mass is 127. The van der Waals surface area contributed by atoms with Crippen LogP contribution in [0.5, 0.6) is 5.75 Å². The van der Waals surface area contributed by atoms with Crippen LogP contribution in [0.25, 0.3) is 11.6 Å². The predicted octanol–water partition coefficient (Wildman–Crippen LogP) is 3.24. The van der Waals surface area contributed by atoms with Crippen LogP contribution in [0.1, 0.15) is 30.3 Å². The number of ether oxygens (including phenoxy) is 1. The van der Waals surface area contributed by atoms with Gasteiger partial charge in [0.1, 0.15) is 11.6 Å². The first kappa shape index (κ1) is 25.0. The number of aromatic amines is 1. The number of aromatic nitrogens is 3. The third kappa shape index (κ3) is 6.70. The van der Waals surface area contributed by atoms with Crippen molar-refractivity contribution in [2.75, 3.05) is 40.3 Å². The zero-order valence-corrected chi connectivity index (χ0v) is 21.4. The fourth-order valence-corrected chi connectivity index (χ4v) is 3.97. The fraction of sp³-hybridized carbons (Fsp3) is 0.435. The van der Waals surface area contributed by atoms with E-state index in [1.54, 1.807) is 20.4 Å². The van der Waals surface area contributed by atoms with Crippen LogP contribution in [-0.2, 0) is 6.42 Å². The van der Waals surface area contributed by atoms with E-state index in [9.17, 15) is 0 Å². The van der Waals surface area contributed by atoms with Gasteiger partial charge in [0.25, 0.3) is 0 Å². The molecule has 4 rings (SSSR count). The number of likely N-dealkylation sites (tertiary alicyclic amines) is 1. The molecule has 1 fully saturated rings. The number of methoxy groups -OCH3 is 1. The van der Waals surface area contributed by atoms with Gasteiger partial charge in [-0.1, -0.05) is 12.1 Å². The molecule has 33 heavy (non-hydrogen) atoms. The maximum absolute atomic E-state index is 5.34. The van der Waals surface area contributed by atoms with Gasteiger partial charge < -0.3 is 19.8 Å². The van der Waals surface area contributed by atoms with E-state index in [0.29, 0.717) is 24.6 Å². The average Bonchev–Trinajstić information content (AvgIpc) is 3.61. The topological polar surface area (TPSA) is 104 Å². The molecule has 1 atom stereocenters. The summed E-state index contributed by atoms with van der Waals surface area (Å²) >= 11 is 0. The lowest BCUT2D eigenvalue weighted by Gasteiger charge is -2.29. The number of halogens is 1. The Morgan fingerprint density at radius 1 is 1.21 bits per heavy atom. The SMILES string of the molecule is CN=C(NCCc1nc(-c2ccco2)n[nH]1)NCC(c1ccc(OC)cc1)N1CCCC1.I. The molecular weight excluding hydrogens is 533 g/mol. The van der Waals surface area contributed by atoms with Crippen molar-refractivity contribution in [3.63, 3.8) is 0 Å². The minimum Gasteiger partial charge on any atom is -0.497 e. The normalized spacial score (nSPS) is 15.2. The highest BCUT2D eigenvalue weighted by Crippen LogP contribution is 2.26. The zero-order chi connectivity index (χ0) is 22.2. The van der Waals surface area contributed by atoms with E-state index >= 15 is 0 Å². The summed E-state index contributed by atoms with van der Waals surface area (Å²) in [6.45, 7) is 3.70. The summed E-state index contributed by atoms with van der Waals surface area (Å²) in [5.74, 6) is 3.67. The van der Waals surface area contributed by atoms with Crippen molar-refractivity contribution in [2.24, 2.45) is 4.99 Å². The van der Waals surface area contributed by atoms with Crippen LogP contribution < -0.4 is 15.4 Å². The molecule has 0 bridgehead atoms. The van der Waals surface area contributed by atoms with E-state index in [0.717, 1.165) is 37.2 Å². The van der Waals surface area contributed by atoms with E-state index in [-0.39, 0.29) is 30.0 Å². The largest absolute Gasteiger partial charge is 0.497 e. The standard InChI is InChI=1S/C23H31N7O2.HI/c1-24-23(25-12-11-21-27-22(29-28-21)20-6-5-15-32-20)26-16-19(30-13-3-4-14-30)17-7-9-18(31-2)10-8-17;/h5-10,15,19H,3-4,11-14,16H2,1-2H3,(H2,24,25,26)(H,27,28,29);1H. The summed E-state index contributed by atoms with van der Waals surface area (Å²) in [7, 11) is 3.48. The highest BCUT2D eigenvalue weighted by molar-refractivity contribution is 14.0. The maximum Gasteiger partial charge on any atom is 0.216 e. The first-order valence-corrected chi connectivity index (χ1v) is 11.0. The Kier molecular flexibility index (Phi) is 9.55. The summed E-state index contributed by atoms with van der Waals surface area (Å²) < 4.78 is 10.7. The molecule has 2 aromatic heterocycles. The second-order valence-corrected chi connectivity index (χ2v) is 7.74. The molecule has 1 aliphatic rings. The molecule has 9 nitrogen and oxygen atoms in total. The van der Waals surface area contributed by atoms with Crippen LogP contribution in [0, 0.1) is 0 Å². The molecule has 10 heteroatoms. The average molecular weight is 565 g/mol. The fourth-order valence-electron chi connectivity index (χ4n) is 3.97. The quantitative estimate of drug-likeness (QED) is 0.208. The lowest BCUT2D eigenvalue weighted by Crippen LogP contribution is -2.43. The number of nitrogens with zero attached hydrogens (tertiary/aromatic N) is 4. The highest BCUT2D eigenvalue weighted by Gasteiger charge is 2.23. The number of H-pyrrole nitrogens is 1. The number of furan rings is 1. The maximum atomic E-state index is 5.34. The van der Waals surface area contributed by atoms with Crippen LogP contribution >= 0.6 is 24.0 Å². The smallest absolute Gasteiger partial charge is 0.216 e. The van der Waals surface area contributed by atoms with Gasteiger partial charge in [-0.25, -0.2) is 4.98 Å². The molecule has 1 unspecified atom stereocenters. The van der Waals surface area contributed by atoms with Crippen LogP contribution in [0.4, 0.5) is 0 Å². The molecule has 0 aliphatic carbocycles. The van der Waals surface area contributed by atoms with Gasteiger partial charge in [-0.3, -0.25) is 15.0 Å². The third-order valence-corrected chi connectivity index (χ3v) is 5.70. The van der Waals surface area contributed by atoms with Crippen molar-refractivity contribution in [3.05, 3.63) is 54.0 Å². The summed E-state index contributed by atoms with van der Waals surface area (Å²) in [4.78, 5) is 11.4. The van der Waals surface area contributed by atoms with Gasteiger partial charge in [0.05, 0.1) is 19.4 Å². The number of aliphatic imine (C=N–C) groups is 1. The number of hydrogen-bond acceptors (Lipinski definition) is 6. The summed E-state index contributed by atoms with van der Waals surface area (Å²) in [5.41, 5.74) is 1.28. The summed E-state index contributed by atoms with van der Waals surface area (Å²) in [5, 5.41) is 14.0. The third-order valence-electron chi connectivity index (χ3n) is 5.70. The molecule has 3 aromatic rings. The van der Waals surface area contributed by atoms with Gasteiger partial charge in [-0.15, -0.1) is 24.0 Å². The van der Waals surface area contributed by atoms with Gasteiger partial charge in [-0.2, -0.15) is 5.10 Å². The van der Waals surface area contributed by atoms with Crippen LogP contribution in [-0.4, -0.2) is 66.4 Å². The summed E-state index contributed by atoms with van der Waals surface area (Å²) in [6.07, 6.45) is 4.81. The Balaban J connectivity index is 0.00000306. The second kappa shape index (κ2) is 12.6. The monoisotopic (exact) mass is 565 g/mol. The van der Waals surface area contributed by atoms with Crippen molar-refractivity contribution >= 4 is 29.9 Å². The minimum atomic E-state index is 0. The number of rotatable bonds is 9.